The number of pyridine rings is 1. The molecule has 1 aromatic rings. The summed E-state index contributed by atoms with van der Waals surface area (Å²) in [5, 5.41) is 11.3. The molecule has 0 atom stereocenters. The van der Waals surface area contributed by atoms with Crippen LogP contribution in [0.1, 0.15) is 37.8 Å². The molecule has 6 heteroatoms. The zero-order valence-electron chi connectivity index (χ0n) is 11.4. The van der Waals surface area contributed by atoms with E-state index in [1.165, 1.54) is 0 Å². The molecule has 1 fully saturated rings. The molecule has 0 saturated heterocycles. The highest BCUT2D eigenvalue weighted by atomic mass is 16.5. The van der Waals surface area contributed by atoms with Crippen LogP contribution in [0.5, 0.6) is 5.75 Å². The molecule has 1 saturated carbocycles. The first-order chi connectivity index (χ1) is 9.54. The van der Waals surface area contributed by atoms with E-state index in [1.807, 2.05) is 6.92 Å². The van der Waals surface area contributed by atoms with Crippen LogP contribution < -0.4 is 10.1 Å². The van der Waals surface area contributed by atoms with Gasteiger partial charge < -0.3 is 15.2 Å². The molecule has 20 heavy (non-hydrogen) atoms. The van der Waals surface area contributed by atoms with Crippen LogP contribution in [0.25, 0.3) is 0 Å². The number of nitrogens with one attached hydrogen (secondary N) is 1. The number of carbonyl (C=O) groups excluding carboxylic acids is 1. The molecule has 0 bridgehead atoms. The highest BCUT2D eigenvalue weighted by Gasteiger charge is 2.25. The number of aliphatic carboxylic acids is 1. The molecule has 6 nitrogen and oxygen atoms in total. The smallest absolute Gasteiger partial charge is 0.303 e. The Morgan fingerprint density at radius 2 is 2.20 bits per heavy atom. The van der Waals surface area contributed by atoms with Crippen molar-refractivity contribution in [2.75, 3.05) is 5.32 Å². The van der Waals surface area contributed by atoms with Gasteiger partial charge in [0.05, 0.1) is 18.0 Å². The molecule has 0 radical (unpaired) electrons. The fraction of sp³-hybridized carbons (Fsp3) is 0.500. The normalized spacial score (nSPS) is 13.8. The van der Waals surface area contributed by atoms with Gasteiger partial charge in [0.2, 0.25) is 5.91 Å². The number of aryl methyl sites for hydroxylation is 1. The van der Waals surface area contributed by atoms with Gasteiger partial charge in [-0.2, -0.15) is 0 Å². The van der Waals surface area contributed by atoms with Gasteiger partial charge in [-0.05, 0) is 32.3 Å². The minimum absolute atomic E-state index is 0.00573. The third-order valence-electron chi connectivity index (χ3n) is 2.89. The van der Waals surface area contributed by atoms with E-state index in [0.717, 1.165) is 18.5 Å². The van der Waals surface area contributed by atoms with E-state index < -0.39 is 5.97 Å². The van der Waals surface area contributed by atoms with E-state index in [9.17, 15) is 9.59 Å². The van der Waals surface area contributed by atoms with Gasteiger partial charge in [0.25, 0.3) is 0 Å². The van der Waals surface area contributed by atoms with Crippen molar-refractivity contribution in [1.82, 2.24) is 4.98 Å². The van der Waals surface area contributed by atoms with Crippen molar-refractivity contribution < 1.29 is 19.4 Å². The van der Waals surface area contributed by atoms with Gasteiger partial charge in [0, 0.05) is 18.5 Å². The fourth-order valence-electron chi connectivity index (χ4n) is 1.72. The molecule has 108 valence electrons. The molecule has 1 heterocycles. The van der Waals surface area contributed by atoms with Crippen LogP contribution in [0.4, 0.5) is 5.69 Å². The predicted octanol–water partition coefficient (Wildman–Crippen LogP) is 2.12. The average Bonchev–Trinajstić information content (AvgIpc) is 3.16. The lowest BCUT2D eigenvalue weighted by molar-refractivity contribution is -0.137. The lowest BCUT2D eigenvalue weighted by Gasteiger charge is -2.12. The SMILES string of the molecule is Cc1cc(NC(=O)CCCC(=O)O)c(OC2CC2)cn1. The second-order valence-corrected chi connectivity index (χ2v) is 4.93. The van der Waals surface area contributed by atoms with Gasteiger partial charge in [-0.1, -0.05) is 0 Å². The minimum atomic E-state index is -0.893. The molecular weight excluding hydrogens is 260 g/mol. The predicted molar refractivity (Wildman–Crippen MR) is 72.7 cm³/mol. The van der Waals surface area contributed by atoms with Crippen molar-refractivity contribution in [3.05, 3.63) is 18.0 Å². The molecule has 0 spiro atoms. The number of rotatable bonds is 7. The Morgan fingerprint density at radius 1 is 1.45 bits per heavy atom. The number of carbonyl (C=O) groups is 2. The maximum absolute atomic E-state index is 11.8. The molecule has 0 aromatic carbocycles. The number of aromatic nitrogens is 1. The summed E-state index contributed by atoms with van der Waals surface area (Å²) in [5.41, 5.74) is 1.39. The third kappa shape index (κ3) is 4.53. The summed E-state index contributed by atoms with van der Waals surface area (Å²) in [7, 11) is 0. The van der Waals surface area contributed by atoms with Crippen molar-refractivity contribution in [3.63, 3.8) is 0 Å². The number of anilines is 1. The summed E-state index contributed by atoms with van der Waals surface area (Å²) in [6, 6.07) is 1.76. The number of hydrogen-bond donors (Lipinski definition) is 2. The molecule has 1 aliphatic carbocycles. The van der Waals surface area contributed by atoms with Crippen molar-refractivity contribution in [2.24, 2.45) is 0 Å². The topological polar surface area (TPSA) is 88.5 Å². The van der Waals surface area contributed by atoms with Gasteiger partial charge in [-0.3, -0.25) is 14.6 Å². The van der Waals surface area contributed by atoms with Crippen molar-refractivity contribution in [3.8, 4) is 5.75 Å². The summed E-state index contributed by atoms with van der Waals surface area (Å²) < 4.78 is 5.68. The number of amides is 1. The molecule has 1 aliphatic rings. The van der Waals surface area contributed by atoms with Crippen molar-refractivity contribution in [1.29, 1.82) is 0 Å². The maximum atomic E-state index is 11.8. The van der Waals surface area contributed by atoms with Gasteiger partial charge >= 0.3 is 5.97 Å². The van der Waals surface area contributed by atoms with E-state index in [0.29, 0.717) is 17.9 Å². The lowest BCUT2D eigenvalue weighted by atomic mass is 10.2. The van der Waals surface area contributed by atoms with E-state index in [1.54, 1.807) is 12.3 Å². The summed E-state index contributed by atoms with van der Waals surface area (Å²) in [4.78, 5) is 26.3. The fourth-order valence-corrected chi connectivity index (χ4v) is 1.72. The second kappa shape index (κ2) is 6.36. The van der Waals surface area contributed by atoms with Gasteiger partial charge in [0.15, 0.2) is 5.75 Å². The van der Waals surface area contributed by atoms with Crippen LogP contribution in [0.15, 0.2) is 12.3 Å². The Labute approximate surface area is 117 Å². The Bertz CT molecular complexity index is 512. The Hall–Kier alpha value is -2.11. The van der Waals surface area contributed by atoms with Crippen LogP contribution in [-0.4, -0.2) is 28.1 Å². The zero-order valence-corrected chi connectivity index (χ0v) is 11.4. The minimum Gasteiger partial charge on any atom is -0.487 e. The second-order valence-electron chi connectivity index (χ2n) is 4.93. The maximum Gasteiger partial charge on any atom is 0.303 e. The number of hydrogen-bond acceptors (Lipinski definition) is 4. The van der Waals surface area contributed by atoms with Gasteiger partial charge in [0.1, 0.15) is 0 Å². The first kappa shape index (κ1) is 14.3. The highest BCUT2D eigenvalue weighted by molar-refractivity contribution is 5.92. The summed E-state index contributed by atoms with van der Waals surface area (Å²) in [5.74, 6) is -0.530. The van der Waals surface area contributed by atoms with Crippen LogP contribution in [0.3, 0.4) is 0 Å². The standard InChI is InChI=1S/C14H18N2O4/c1-9-7-11(12(8-15-9)20-10-5-6-10)16-13(17)3-2-4-14(18)19/h7-8,10H,2-6H2,1H3,(H,18,19)(H,15,16,17). The largest absolute Gasteiger partial charge is 0.487 e. The molecule has 0 aliphatic heterocycles. The molecule has 2 rings (SSSR count). The number of nitrogens with zero attached hydrogens (tertiary/aromatic N) is 1. The number of carboxylic acid groups (broad SMARTS) is 1. The first-order valence-electron chi connectivity index (χ1n) is 6.69. The quantitative estimate of drug-likeness (QED) is 0.797. The Morgan fingerprint density at radius 3 is 2.85 bits per heavy atom. The monoisotopic (exact) mass is 278 g/mol. The Kier molecular flexibility index (Phi) is 4.55. The van der Waals surface area contributed by atoms with Crippen LogP contribution in [0.2, 0.25) is 0 Å². The Balaban J connectivity index is 1.94. The summed E-state index contributed by atoms with van der Waals surface area (Å²) in [6.45, 7) is 1.83. The molecule has 1 amide bonds. The van der Waals surface area contributed by atoms with Gasteiger partial charge in [-0.15, -0.1) is 0 Å². The summed E-state index contributed by atoms with van der Waals surface area (Å²) in [6.07, 6.45) is 4.39. The highest BCUT2D eigenvalue weighted by Crippen LogP contribution is 2.31. The van der Waals surface area contributed by atoms with Crippen LogP contribution >= 0.6 is 0 Å². The number of ether oxygens (including phenoxy) is 1. The average molecular weight is 278 g/mol. The lowest BCUT2D eigenvalue weighted by Crippen LogP contribution is -2.13. The van der Waals surface area contributed by atoms with E-state index in [4.69, 9.17) is 9.84 Å². The first-order valence-corrected chi connectivity index (χ1v) is 6.69. The van der Waals surface area contributed by atoms with E-state index >= 15 is 0 Å². The zero-order chi connectivity index (χ0) is 14.5. The summed E-state index contributed by atoms with van der Waals surface area (Å²) >= 11 is 0. The van der Waals surface area contributed by atoms with Crippen LogP contribution in [-0.2, 0) is 9.59 Å². The third-order valence-corrected chi connectivity index (χ3v) is 2.89. The van der Waals surface area contributed by atoms with E-state index in [-0.39, 0.29) is 24.9 Å². The van der Waals surface area contributed by atoms with Gasteiger partial charge in [-0.25, -0.2) is 0 Å². The van der Waals surface area contributed by atoms with Crippen molar-refractivity contribution >= 4 is 17.6 Å². The molecular formula is C14H18N2O4. The molecule has 1 aromatic heterocycles. The van der Waals surface area contributed by atoms with E-state index in [2.05, 4.69) is 10.3 Å². The number of carboxylic acids is 1. The van der Waals surface area contributed by atoms with Crippen molar-refractivity contribution in [2.45, 2.75) is 45.1 Å². The van der Waals surface area contributed by atoms with Crippen LogP contribution in [0, 0.1) is 6.92 Å². The molecule has 0 unspecified atom stereocenters. The molecule has 2 N–H and O–H groups in total.